The maximum absolute atomic E-state index is 13.1. The number of carbonyl (C=O) groups excluding carboxylic acids is 3. The summed E-state index contributed by atoms with van der Waals surface area (Å²) in [5.41, 5.74) is 0.558. The number of benzene rings is 2. The first-order chi connectivity index (χ1) is 14.7. The van der Waals surface area contributed by atoms with Crippen LogP contribution in [-0.4, -0.2) is 65.5 Å². The van der Waals surface area contributed by atoms with Gasteiger partial charge in [-0.05, 0) is 45.0 Å². The Hall–Kier alpha value is -3.35. The van der Waals surface area contributed by atoms with E-state index in [0.717, 1.165) is 0 Å². The molecule has 0 bridgehead atoms. The van der Waals surface area contributed by atoms with Crippen molar-refractivity contribution in [3.63, 3.8) is 0 Å². The average molecular weight is 424 g/mol. The maximum atomic E-state index is 13.1. The van der Waals surface area contributed by atoms with E-state index >= 15 is 0 Å². The van der Waals surface area contributed by atoms with Crippen LogP contribution in [-0.2, 0) is 4.74 Å². The van der Waals surface area contributed by atoms with Crippen LogP contribution in [0, 0.1) is 0 Å². The fourth-order valence-electron chi connectivity index (χ4n) is 3.51. The Labute approximate surface area is 183 Å². The van der Waals surface area contributed by atoms with Gasteiger partial charge in [0.05, 0.1) is 6.04 Å². The van der Waals surface area contributed by atoms with Crippen LogP contribution < -0.4 is 5.32 Å². The first-order valence-electron chi connectivity index (χ1n) is 10.4. The number of hydrogen-bond acceptors (Lipinski definition) is 4. The average Bonchev–Trinajstić information content (AvgIpc) is 2.76. The largest absolute Gasteiger partial charge is 0.444 e. The summed E-state index contributed by atoms with van der Waals surface area (Å²) in [6, 6.07) is 17.7. The highest BCUT2D eigenvalue weighted by Crippen LogP contribution is 2.17. The second kappa shape index (κ2) is 9.64. The third kappa shape index (κ3) is 6.07. The molecule has 2 aromatic rings. The summed E-state index contributed by atoms with van der Waals surface area (Å²) in [6.07, 6.45) is -0.550. The smallest absolute Gasteiger partial charge is 0.407 e. The van der Waals surface area contributed by atoms with Gasteiger partial charge in [-0.25, -0.2) is 4.79 Å². The van der Waals surface area contributed by atoms with Crippen molar-refractivity contribution in [2.75, 3.05) is 26.2 Å². The lowest BCUT2D eigenvalue weighted by atomic mass is 10.1. The molecular weight excluding hydrogens is 394 g/mol. The lowest BCUT2D eigenvalue weighted by Gasteiger charge is -2.41. The standard InChI is InChI=1S/C24H29N3O4/c1-24(2,3)31-23(30)25-16-20-17-26(21(28)18-10-6-4-7-11-18)14-15-27(20)22(29)19-12-8-5-9-13-19/h4-13,20H,14-17H2,1-3H3,(H,25,30). The van der Waals surface area contributed by atoms with E-state index in [1.165, 1.54) is 0 Å². The summed E-state index contributed by atoms with van der Waals surface area (Å²) in [5, 5.41) is 2.75. The van der Waals surface area contributed by atoms with E-state index in [9.17, 15) is 14.4 Å². The van der Waals surface area contributed by atoms with Crippen molar-refractivity contribution >= 4 is 17.9 Å². The Morgan fingerprint density at radius 2 is 1.45 bits per heavy atom. The van der Waals surface area contributed by atoms with E-state index in [1.807, 2.05) is 36.4 Å². The summed E-state index contributed by atoms with van der Waals surface area (Å²) >= 11 is 0. The van der Waals surface area contributed by atoms with Crippen molar-refractivity contribution in [3.05, 3.63) is 71.8 Å². The van der Waals surface area contributed by atoms with Crippen LogP contribution in [0.15, 0.2) is 60.7 Å². The fraction of sp³-hybridized carbons (Fsp3) is 0.375. The second-order valence-corrected chi connectivity index (χ2v) is 8.52. The van der Waals surface area contributed by atoms with E-state index in [-0.39, 0.29) is 24.4 Å². The molecule has 1 unspecified atom stereocenters. The van der Waals surface area contributed by atoms with Gasteiger partial charge in [-0.15, -0.1) is 0 Å². The summed E-state index contributed by atoms with van der Waals surface area (Å²) in [6.45, 7) is 6.69. The summed E-state index contributed by atoms with van der Waals surface area (Å²) in [4.78, 5) is 41.7. The molecule has 0 radical (unpaired) electrons. The Balaban J connectivity index is 1.75. The minimum Gasteiger partial charge on any atom is -0.444 e. The second-order valence-electron chi connectivity index (χ2n) is 8.52. The maximum Gasteiger partial charge on any atom is 0.407 e. The van der Waals surface area contributed by atoms with Crippen LogP contribution in [0.4, 0.5) is 4.79 Å². The molecule has 0 saturated carbocycles. The number of nitrogens with one attached hydrogen (secondary N) is 1. The SMILES string of the molecule is CC(C)(C)OC(=O)NCC1CN(C(=O)c2ccccc2)CCN1C(=O)c1ccccc1. The number of piperazine rings is 1. The lowest BCUT2D eigenvalue weighted by molar-refractivity contribution is 0.0341. The molecule has 1 saturated heterocycles. The number of carbonyl (C=O) groups is 3. The lowest BCUT2D eigenvalue weighted by Crippen LogP contribution is -2.60. The van der Waals surface area contributed by atoms with Crippen LogP contribution in [0.25, 0.3) is 0 Å². The van der Waals surface area contributed by atoms with Gasteiger partial charge in [-0.3, -0.25) is 9.59 Å². The molecule has 1 aliphatic rings. The molecule has 1 fully saturated rings. The quantitative estimate of drug-likeness (QED) is 0.819. The van der Waals surface area contributed by atoms with Crippen LogP contribution in [0.5, 0.6) is 0 Å². The Morgan fingerprint density at radius 1 is 0.903 bits per heavy atom. The molecule has 0 aromatic heterocycles. The molecule has 1 N–H and O–H groups in total. The number of amides is 3. The normalized spacial score (nSPS) is 16.5. The Kier molecular flexibility index (Phi) is 6.95. The summed E-state index contributed by atoms with van der Waals surface area (Å²) in [7, 11) is 0. The fourth-order valence-corrected chi connectivity index (χ4v) is 3.51. The number of alkyl carbamates (subject to hydrolysis) is 1. The highest BCUT2D eigenvalue weighted by molar-refractivity contribution is 5.96. The first-order valence-corrected chi connectivity index (χ1v) is 10.4. The first kappa shape index (κ1) is 22.3. The van der Waals surface area contributed by atoms with Crippen LogP contribution >= 0.6 is 0 Å². The van der Waals surface area contributed by atoms with Gasteiger partial charge in [0.1, 0.15) is 5.60 Å². The molecule has 1 atom stereocenters. The van der Waals surface area contributed by atoms with Crippen LogP contribution in [0.1, 0.15) is 41.5 Å². The molecule has 1 heterocycles. The predicted octanol–water partition coefficient (Wildman–Crippen LogP) is 3.18. The Morgan fingerprint density at radius 3 is 2.00 bits per heavy atom. The summed E-state index contributed by atoms with van der Waals surface area (Å²) in [5.74, 6) is -0.210. The zero-order chi connectivity index (χ0) is 22.4. The number of hydrogen-bond donors (Lipinski definition) is 1. The minimum atomic E-state index is -0.620. The van der Waals surface area contributed by atoms with Gasteiger partial charge in [0.25, 0.3) is 11.8 Å². The van der Waals surface area contributed by atoms with Gasteiger partial charge in [-0.2, -0.15) is 0 Å². The highest BCUT2D eigenvalue weighted by atomic mass is 16.6. The van der Waals surface area contributed by atoms with E-state index in [2.05, 4.69) is 5.32 Å². The monoisotopic (exact) mass is 423 g/mol. The van der Waals surface area contributed by atoms with Crippen molar-refractivity contribution in [2.45, 2.75) is 32.4 Å². The van der Waals surface area contributed by atoms with Gasteiger partial charge < -0.3 is 19.9 Å². The molecule has 164 valence electrons. The minimum absolute atomic E-state index is 0.0883. The van der Waals surface area contributed by atoms with Crippen molar-refractivity contribution < 1.29 is 19.1 Å². The van der Waals surface area contributed by atoms with Gasteiger partial charge in [0.15, 0.2) is 0 Å². The zero-order valence-electron chi connectivity index (χ0n) is 18.2. The molecule has 7 heteroatoms. The molecule has 2 aromatic carbocycles. The topological polar surface area (TPSA) is 79.0 Å². The molecule has 3 rings (SSSR count). The highest BCUT2D eigenvalue weighted by Gasteiger charge is 2.33. The van der Waals surface area contributed by atoms with E-state index in [4.69, 9.17) is 4.74 Å². The van der Waals surface area contributed by atoms with Crippen LogP contribution in [0.2, 0.25) is 0 Å². The summed E-state index contributed by atoms with van der Waals surface area (Å²) < 4.78 is 5.32. The Bertz CT molecular complexity index is 909. The van der Waals surface area contributed by atoms with E-state index in [1.54, 1.807) is 54.8 Å². The molecular formula is C24H29N3O4. The third-order valence-corrected chi connectivity index (χ3v) is 4.95. The van der Waals surface area contributed by atoms with E-state index in [0.29, 0.717) is 30.8 Å². The molecule has 0 aliphatic carbocycles. The van der Waals surface area contributed by atoms with Crippen molar-refractivity contribution in [1.29, 1.82) is 0 Å². The van der Waals surface area contributed by atoms with Crippen molar-refractivity contribution in [3.8, 4) is 0 Å². The van der Waals surface area contributed by atoms with Crippen LogP contribution in [0.3, 0.4) is 0 Å². The third-order valence-electron chi connectivity index (χ3n) is 4.95. The molecule has 3 amide bonds. The zero-order valence-corrected chi connectivity index (χ0v) is 18.2. The molecule has 31 heavy (non-hydrogen) atoms. The van der Waals surface area contributed by atoms with E-state index < -0.39 is 11.7 Å². The van der Waals surface area contributed by atoms with Gasteiger partial charge in [-0.1, -0.05) is 36.4 Å². The molecule has 7 nitrogen and oxygen atoms in total. The van der Waals surface area contributed by atoms with Crippen molar-refractivity contribution in [2.24, 2.45) is 0 Å². The molecule has 0 spiro atoms. The van der Waals surface area contributed by atoms with Crippen molar-refractivity contribution in [1.82, 2.24) is 15.1 Å². The number of ether oxygens (including phenoxy) is 1. The predicted molar refractivity (Wildman–Crippen MR) is 118 cm³/mol. The van der Waals surface area contributed by atoms with Gasteiger partial charge >= 0.3 is 6.09 Å². The van der Waals surface area contributed by atoms with Gasteiger partial charge in [0.2, 0.25) is 0 Å². The van der Waals surface area contributed by atoms with Gasteiger partial charge in [0, 0.05) is 37.3 Å². The number of nitrogens with zero attached hydrogens (tertiary/aromatic N) is 2. The molecule has 1 aliphatic heterocycles. The number of rotatable bonds is 4.